The molecule has 0 aromatic heterocycles. The number of hydrogen-bond donors (Lipinski definition) is 1. The van der Waals surface area contributed by atoms with Crippen molar-refractivity contribution in [2.24, 2.45) is 5.92 Å². The van der Waals surface area contributed by atoms with Gasteiger partial charge < -0.3 is 5.32 Å². The maximum atomic E-state index is 12.3. The van der Waals surface area contributed by atoms with Gasteiger partial charge in [0.25, 0.3) is 0 Å². The second-order valence-electron chi connectivity index (χ2n) is 7.45. The molecular weight excluding hydrogens is 312 g/mol. The Balaban J connectivity index is 1.79. The molecule has 1 aromatic carbocycles. The smallest absolute Gasteiger partial charge is 0.238 e. The topological polar surface area (TPSA) is 59.4 Å². The standard InChI is InChI=1S/C20H30N4O/c1-15(2)17-5-7-18(8-6-17)22-20(25)14-23-9-11-24(12-10-23)19(13-21)16(3)4/h5-8,15-16,19H,9-12,14H2,1-4H3,(H,22,25)/t19-/m1/s1. The van der Waals surface area contributed by atoms with Crippen LogP contribution in [0.3, 0.4) is 0 Å². The Morgan fingerprint density at radius 2 is 1.72 bits per heavy atom. The fraction of sp³-hybridized carbons (Fsp3) is 0.600. The molecule has 0 unspecified atom stereocenters. The summed E-state index contributed by atoms with van der Waals surface area (Å²) in [5, 5.41) is 12.3. The molecule has 1 saturated heterocycles. The largest absolute Gasteiger partial charge is 0.325 e. The molecule has 25 heavy (non-hydrogen) atoms. The summed E-state index contributed by atoms with van der Waals surface area (Å²) in [4.78, 5) is 16.6. The van der Waals surface area contributed by atoms with Crippen molar-refractivity contribution in [2.45, 2.75) is 39.7 Å². The number of hydrogen-bond acceptors (Lipinski definition) is 4. The molecule has 0 saturated carbocycles. The van der Waals surface area contributed by atoms with Crippen LogP contribution in [0.4, 0.5) is 5.69 Å². The SMILES string of the molecule is CC(C)c1ccc(NC(=O)CN2CCN([C@H](C#N)C(C)C)CC2)cc1. The highest BCUT2D eigenvalue weighted by molar-refractivity contribution is 5.92. The fourth-order valence-electron chi connectivity index (χ4n) is 3.21. The Labute approximate surface area is 151 Å². The zero-order valence-corrected chi connectivity index (χ0v) is 15.8. The normalized spacial score (nSPS) is 17.5. The zero-order valence-electron chi connectivity index (χ0n) is 15.8. The first-order valence-electron chi connectivity index (χ1n) is 9.16. The first-order chi connectivity index (χ1) is 11.9. The van der Waals surface area contributed by atoms with Crippen molar-refractivity contribution in [1.29, 1.82) is 5.26 Å². The van der Waals surface area contributed by atoms with E-state index in [1.54, 1.807) is 0 Å². The van der Waals surface area contributed by atoms with E-state index in [1.165, 1.54) is 5.56 Å². The van der Waals surface area contributed by atoms with Crippen LogP contribution in [0, 0.1) is 17.2 Å². The number of nitrogens with one attached hydrogen (secondary N) is 1. The van der Waals surface area contributed by atoms with Crippen molar-refractivity contribution in [1.82, 2.24) is 9.80 Å². The number of anilines is 1. The number of carbonyl (C=O) groups is 1. The van der Waals surface area contributed by atoms with Gasteiger partial charge >= 0.3 is 0 Å². The van der Waals surface area contributed by atoms with Gasteiger partial charge in [0.05, 0.1) is 12.6 Å². The van der Waals surface area contributed by atoms with Gasteiger partial charge in [-0.25, -0.2) is 0 Å². The van der Waals surface area contributed by atoms with E-state index in [0.29, 0.717) is 18.4 Å². The van der Waals surface area contributed by atoms with Gasteiger partial charge in [0.1, 0.15) is 6.04 Å². The van der Waals surface area contributed by atoms with Gasteiger partial charge in [-0.2, -0.15) is 5.26 Å². The molecule has 136 valence electrons. The molecule has 1 fully saturated rings. The third-order valence-electron chi connectivity index (χ3n) is 4.79. The lowest BCUT2D eigenvalue weighted by Gasteiger charge is -2.37. The van der Waals surface area contributed by atoms with E-state index in [0.717, 1.165) is 31.9 Å². The summed E-state index contributed by atoms with van der Waals surface area (Å²) in [6.07, 6.45) is 0. The van der Waals surface area contributed by atoms with Crippen molar-refractivity contribution in [2.75, 3.05) is 38.0 Å². The Morgan fingerprint density at radius 3 is 2.20 bits per heavy atom. The van der Waals surface area contributed by atoms with Crippen LogP contribution >= 0.6 is 0 Å². The van der Waals surface area contributed by atoms with Gasteiger partial charge in [-0.1, -0.05) is 39.8 Å². The van der Waals surface area contributed by atoms with Gasteiger partial charge in [0.15, 0.2) is 0 Å². The molecule has 0 bridgehead atoms. The van der Waals surface area contributed by atoms with E-state index >= 15 is 0 Å². The maximum Gasteiger partial charge on any atom is 0.238 e. The Morgan fingerprint density at radius 1 is 1.12 bits per heavy atom. The zero-order chi connectivity index (χ0) is 18.4. The molecule has 1 N–H and O–H groups in total. The number of nitriles is 1. The highest BCUT2D eigenvalue weighted by Crippen LogP contribution is 2.17. The highest BCUT2D eigenvalue weighted by Gasteiger charge is 2.26. The number of piperazine rings is 1. The van der Waals surface area contributed by atoms with Crippen LogP contribution in [0.2, 0.25) is 0 Å². The predicted octanol–water partition coefficient (Wildman–Crippen LogP) is 2.91. The highest BCUT2D eigenvalue weighted by atomic mass is 16.2. The summed E-state index contributed by atoms with van der Waals surface area (Å²) in [5.41, 5.74) is 2.11. The molecule has 1 heterocycles. The minimum absolute atomic E-state index is 0.0199. The summed E-state index contributed by atoms with van der Waals surface area (Å²) in [6.45, 7) is 12.2. The maximum absolute atomic E-state index is 12.3. The quantitative estimate of drug-likeness (QED) is 0.863. The van der Waals surface area contributed by atoms with Gasteiger partial charge in [-0.05, 0) is 29.5 Å². The first-order valence-corrected chi connectivity index (χ1v) is 9.16. The lowest BCUT2D eigenvalue weighted by atomic mass is 10.0. The molecule has 0 radical (unpaired) electrons. The molecule has 5 nitrogen and oxygen atoms in total. The molecule has 1 aromatic rings. The Kier molecular flexibility index (Phi) is 6.98. The number of benzene rings is 1. The minimum atomic E-state index is -0.0320. The monoisotopic (exact) mass is 342 g/mol. The second kappa shape index (κ2) is 8.98. The van der Waals surface area contributed by atoms with Crippen LogP contribution < -0.4 is 5.32 Å². The molecule has 0 aliphatic carbocycles. The van der Waals surface area contributed by atoms with Crippen molar-refractivity contribution >= 4 is 11.6 Å². The van der Waals surface area contributed by atoms with E-state index in [1.807, 2.05) is 12.1 Å². The Bertz CT molecular complexity index is 595. The number of rotatable bonds is 6. The molecule has 1 atom stereocenters. The lowest BCUT2D eigenvalue weighted by Crippen LogP contribution is -2.52. The van der Waals surface area contributed by atoms with Crippen molar-refractivity contribution < 1.29 is 4.79 Å². The number of amides is 1. The second-order valence-corrected chi connectivity index (χ2v) is 7.45. The third kappa shape index (κ3) is 5.55. The van der Waals surface area contributed by atoms with Gasteiger partial charge in [0.2, 0.25) is 5.91 Å². The van der Waals surface area contributed by atoms with Crippen LogP contribution in [-0.4, -0.2) is 54.5 Å². The van der Waals surface area contributed by atoms with Crippen LogP contribution in [0.1, 0.15) is 39.2 Å². The summed E-state index contributed by atoms with van der Waals surface area (Å²) >= 11 is 0. The van der Waals surface area contributed by atoms with Crippen LogP contribution in [0.25, 0.3) is 0 Å². The molecule has 2 rings (SSSR count). The first kappa shape index (κ1) is 19.4. The van der Waals surface area contributed by atoms with Crippen molar-refractivity contribution in [3.63, 3.8) is 0 Å². The van der Waals surface area contributed by atoms with Gasteiger partial charge in [-0.15, -0.1) is 0 Å². The van der Waals surface area contributed by atoms with Gasteiger partial charge in [0, 0.05) is 31.9 Å². The average molecular weight is 342 g/mol. The predicted molar refractivity (Wildman–Crippen MR) is 101 cm³/mol. The van der Waals surface area contributed by atoms with E-state index < -0.39 is 0 Å². The van der Waals surface area contributed by atoms with Crippen LogP contribution in [0.15, 0.2) is 24.3 Å². The van der Waals surface area contributed by atoms with Crippen molar-refractivity contribution in [3.05, 3.63) is 29.8 Å². The van der Waals surface area contributed by atoms with E-state index in [4.69, 9.17) is 0 Å². The summed E-state index contributed by atoms with van der Waals surface area (Å²) < 4.78 is 0. The van der Waals surface area contributed by atoms with Crippen LogP contribution in [0.5, 0.6) is 0 Å². The molecule has 1 aliphatic rings. The van der Waals surface area contributed by atoms with E-state index in [2.05, 4.69) is 61.0 Å². The number of nitrogens with zero attached hydrogens (tertiary/aromatic N) is 3. The summed E-state index contributed by atoms with van der Waals surface area (Å²) in [5.74, 6) is 0.837. The van der Waals surface area contributed by atoms with Gasteiger partial charge in [-0.3, -0.25) is 14.6 Å². The molecule has 5 heteroatoms. The van der Waals surface area contributed by atoms with E-state index in [-0.39, 0.29) is 11.9 Å². The summed E-state index contributed by atoms with van der Waals surface area (Å²) in [7, 11) is 0. The summed E-state index contributed by atoms with van der Waals surface area (Å²) in [6, 6.07) is 10.4. The molecule has 1 amide bonds. The third-order valence-corrected chi connectivity index (χ3v) is 4.79. The minimum Gasteiger partial charge on any atom is -0.325 e. The Hall–Kier alpha value is -1.90. The molecular formula is C20H30N4O. The van der Waals surface area contributed by atoms with Crippen molar-refractivity contribution in [3.8, 4) is 6.07 Å². The fourth-order valence-corrected chi connectivity index (χ4v) is 3.21. The number of carbonyl (C=O) groups excluding carboxylic acids is 1. The molecule has 1 aliphatic heterocycles. The molecule has 0 spiro atoms. The van der Waals surface area contributed by atoms with E-state index in [9.17, 15) is 10.1 Å². The average Bonchev–Trinajstić information content (AvgIpc) is 2.57. The van der Waals surface area contributed by atoms with Crippen LogP contribution in [-0.2, 0) is 4.79 Å². The lowest BCUT2D eigenvalue weighted by molar-refractivity contribution is -0.117.